The first-order valence-corrected chi connectivity index (χ1v) is 7.27. The summed E-state index contributed by atoms with van der Waals surface area (Å²) < 4.78 is 23.9. The second-order valence-electron chi connectivity index (χ2n) is 4.17. The van der Waals surface area contributed by atoms with Crippen molar-refractivity contribution < 1.29 is 8.42 Å². The molecule has 1 N–H and O–H groups in total. The average molecular weight is 249 g/mol. The Labute approximate surface area is 102 Å². The minimum atomic E-state index is -3.15. The summed E-state index contributed by atoms with van der Waals surface area (Å²) in [6.45, 7) is 1.98. The van der Waals surface area contributed by atoms with Crippen molar-refractivity contribution in [1.82, 2.24) is 5.32 Å². The van der Waals surface area contributed by atoms with Gasteiger partial charge in [0, 0.05) is 6.04 Å². The van der Waals surface area contributed by atoms with Crippen LogP contribution in [0.4, 0.5) is 0 Å². The lowest BCUT2D eigenvalue weighted by Crippen LogP contribution is -2.32. The number of nitrogens with one attached hydrogen (secondary N) is 1. The van der Waals surface area contributed by atoms with E-state index in [0.29, 0.717) is 4.90 Å². The van der Waals surface area contributed by atoms with Crippen LogP contribution >= 0.6 is 0 Å². The Morgan fingerprint density at radius 2 is 2.24 bits per heavy atom. The summed E-state index contributed by atoms with van der Waals surface area (Å²) in [7, 11) is -3.15. The molecule has 0 bridgehead atoms. The largest absolute Gasteiger partial charge is 0.296 e. The Kier molecular flexibility index (Phi) is 3.23. The summed E-state index contributed by atoms with van der Waals surface area (Å²) in [6.07, 6.45) is 6.17. The number of rotatable bonds is 3. The third-order valence-corrected chi connectivity index (χ3v) is 4.84. The summed E-state index contributed by atoms with van der Waals surface area (Å²) in [5.41, 5.74) is 0.834. The van der Waals surface area contributed by atoms with Gasteiger partial charge in [-0.15, -0.1) is 6.42 Å². The van der Waals surface area contributed by atoms with E-state index in [2.05, 4.69) is 11.2 Å². The monoisotopic (exact) mass is 249 g/mol. The second-order valence-corrected chi connectivity index (χ2v) is 6.17. The number of benzene rings is 1. The fraction of sp³-hybridized carbons (Fsp3) is 0.385. The molecular formula is C13H15NO2S. The molecule has 0 aliphatic carbocycles. The van der Waals surface area contributed by atoms with Crippen LogP contribution < -0.4 is 5.32 Å². The summed E-state index contributed by atoms with van der Waals surface area (Å²) in [6, 6.07) is 6.84. The number of terminal acetylenes is 1. The van der Waals surface area contributed by atoms with Gasteiger partial charge >= 0.3 is 0 Å². The number of hydrogen-bond acceptors (Lipinski definition) is 3. The summed E-state index contributed by atoms with van der Waals surface area (Å²) in [4.78, 5) is 0.435. The predicted molar refractivity (Wildman–Crippen MR) is 67.3 cm³/mol. The van der Waals surface area contributed by atoms with Crippen LogP contribution in [0.3, 0.4) is 0 Å². The molecule has 1 aliphatic rings. The van der Waals surface area contributed by atoms with E-state index in [4.69, 9.17) is 6.42 Å². The minimum absolute atomic E-state index is 0.0821. The fourth-order valence-electron chi connectivity index (χ4n) is 2.12. The molecule has 0 fully saturated rings. The van der Waals surface area contributed by atoms with E-state index < -0.39 is 9.84 Å². The Hall–Kier alpha value is -1.31. The first kappa shape index (κ1) is 12.2. The van der Waals surface area contributed by atoms with E-state index in [9.17, 15) is 8.42 Å². The van der Waals surface area contributed by atoms with Gasteiger partial charge in [0.1, 0.15) is 0 Å². The van der Waals surface area contributed by atoms with Gasteiger partial charge in [-0.2, -0.15) is 0 Å². The van der Waals surface area contributed by atoms with Gasteiger partial charge in [0.15, 0.2) is 9.84 Å². The molecule has 0 aromatic heterocycles. The van der Waals surface area contributed by atoms with Crippen molar-refractivity contribution in [2.24, 2.45) is 0 Å². The maximum Gasteiger partial charge on any atom is 0.180 e. The van der Waals surface area contributed by atoms with Gasteiger partial charge in [0.2, 0.25) is 0 Å². The highest BCUT2D eigenvalue weighted by molar-refractivity contribution is 7.91. The first-order valence-electron chi connectivity index (χ1n) is 5.62. The topological polar surface area (TPSA) is 46.2 Å². The van der Waals surface area contributed by atoms with Gasteiger partial charge in [0.05, 0.1) is 16.7 Å². The highest BCUT2D eigenvalue weighted by Gasteiger charge is 2.34. The van der Waals surface area contributed by atoms with E-state index in [0.717, 1.165) is 12.0 Å². The lowest BCUT2D eigenvalue weighted by Gasteiger charge is -2.17. The second kappa shape index (κ2) is 4.52. The zero-order chi connectivity index (χ0) is 12.5. The van der Waals surface area contributed by atoms with Crippen LogP contribution in [0.15, 0.2) is 29.2 Å². The Morgan fingerprint density at radius 3 is 2.88 bits per heavy atom. The van der Waals surface area contributed by atoms with E-state index in [1.807, 2.05) is 19.1 Å². The first-order chi connectivity index (χ1) is 8.08. The summed E-state index contributed by atoms with van der Waals surface area (Å²) in [5, 5.41) is 3.21. The lowest BCUT2D eigenvalue weighted by molar-refractivity contribution is 0.514. The molecule has 0 saturated carbocycles. The smallest absolute Gasteiger partial charge is 0.180 e. The fourth-order valence-corrected chi connectivity index (χ4v) is 3.86. The quantitative estimate of drug-likeness (QED) is 0.826. The van der Waals surface area contributed by atoms with Crippen molar-refractivity contribution in [2.75, 3.05) is 5.75 Å². The van der Waals surface area contributed by atoms with E-state index in [1.54, 1.807) is 12.1 Å². The Balaban J connectivity index is 2.33. The molecule has 2 unspecified atom stereocenters. The van der Waals surface area contributed by atoms with Gasteiger partial charge < -0.3 is 0 Å². The SMILES string of the molecule is C#CC(CC)NC1CS(=O)(=O)c2ccccc21. The molecule has 1 heterocycles. The normalized spacial score (nSPS) is 22.7. The van der Waals surface area contributed by atoms with Crippen molar-refractivity contribution in [3.05, 3.63) is 29.8 Å². The minimum Gasteiger partial charge on any atom is -0.296 e. The number of sulfone groups is 1. The van der Waals surface area contributed by atoms with Crippen LogP contribution in [-0.2, 0) is 9.84 Å². The molecule has 3 nitrogen and oxygen atoms in total. The van der Waals surface area contributed by atoms with E-state index in [1.165, 1.54) is 0 Å². The molecule has 0 radical (unpaired) electrons. The molecule has 1 aromatic carbocycles. The van der Waals surface area contributed by atoms with Gasteiger partial charge in [0.25, 0.3) is 0 Å². The molecule has 0 saturated heterocycles. The van der Waals surface area contributed by atoms with E-state index >= 15 is 0 Å². The highest BCUT2D eigenvalue weighted by Crippen LogP contribution is 2.33. The van der Waals surface area contributed by atoms with Crippen LogP contribution in [0.5, 0.6) is 0 Å². The third-order valence-electron chi connectivity index (χ3n) is 3.03. The molecular weight excluding hydrogens is 234 g/mol. The van der Waals surface area contributed by atoms with Crippen LogP contribution in [0.1, 0.15) is 24.9 Å². The van der Waals surface area contributed by atoms with E-state index in [-0.39, 0.29) is 17.8 Å². The lowest BCUT2D eigenvalue weighted by atomic mass is 10.1. The molecule has 1 aromatic rings. The molecule has 4 heteroatoms. The molecule has 0 spiro atoms. The molecule has 1 aliphatic heterocycles. The maximum atomic E-state index is 11.9. The van der Waals surface area contributed by atoms with Crippen molar-refractivity contribution in [2.45, 2.75) is 30.3 Å². The zero-order valence-corrected chi connectivity index (χ0v) is 10.5. The van der Waals surface area contributed by atoms with Gasteiger partial charge in [-0.3, -0.25) is 5.32 Å². The van der Waals surface area contributed by atoms with Crippen molar-refractivity contribution in [3.8, 4) is 12.3 Å². The third kappa shape index (κ3) is 2.21. The van der Waals surface area contributed by atoms with Gasteiger partial charge in [-0.05, 0) is 18.1 Å². The zero-order valence-electron chi connectivity index (χ0n) is 9.68. The van der Waals surface area contributed by atoms with Crippen molar-refractivity contribution in [1.29, 1.82) is 0 Å². The molecule has 90 valence electrons. The number of fused-ring (bicyclic) bond motifs is 1. The molecule has 17 heavy (non-hydrogen) atoms. The van der Waals surface area contributed by atoms with Crippen molar-refractivity contribution >= 4 is 9.84 Å². The maximum absolute atomic E-state index is 11.9. The van der Waals surface area contributed by atoms with Crippen LogP contribution in [0, 0.1) is 12.3 Å². The highest BCUT2D eigenvalue weighted by atomic mass is 32.2. The average Bonchev–Trinajstić information content (AvgIpc) is 2.59. The van der Waals surface area contributed by atoms with Gasteiger partial charge in [-0.25, -0.2) is 8.42 Å². The molecule has 2 atom stereocenters. The Bertz CT molecular complexity index is 557. The van der Waals surface area contributed by atoms with Crippen LogP contribution in [0.25, 0.3) is 0 Å². The number of hydrogen-bond donors (Lipinski definition) is 1. The van der Waals surface area contributed by atoms with Gasteiger partial charge in [-0.1, -0.05) is 31.0 Å². The standard InChI is InChI=1S/C13H15NO2S/c1-3-10(4-2)14-12-9-17(15,16)13-8-6-5-7-11(12)13/h1,5-8,10,12,14H,4,9H2,2H3. The summed E-state index contributed by atoms with van der Waals surface area (Å²) >= 11 is 0. The van der Waals surface area contributed by atoms with Crippen LogP contribution in [0.2, 0.25) is 0 Å². The predicted octanol–water partition coefficient (Wildman–Crippen LogP) is 1.52. The molecule has 0 amide bonds. The Morgan fingerprint density at radius 1 is 1.53 bits per heavy atom. The molecule has 2 rings (SSSR count). The van der Waals surface area contributed by atoms with Crippen molar-refractivity contribution in [3.63, 3.8) is 0 Å². The summed E-state index contributed by atoms with van der Waals surface area (Å²) in [5.74, 6) is 2.73. The van der Waals surface area contributed by atoms with Crippen LogP contribution in [-0.4, -0.2) is 20.2 Å².